The van der Waals surface area contributed by atoms with Crippen molar-refractivity contribution in [2.45, 2.75) is 45.7 Å². The van der Waals surface area contributed by atoms with Gasteiger partial charge in [0.2, 0.25) is 0 Å². The zero-order valence-corrected chi connectivity index (χ0v) is 9.83. The van der Waals surface area contributed by atoms with Gasteiger partial charge in [-0.1, -0.05) is 6.07 Å². The zero-order valence-electron chi connectivity index (χ0n) is 9.83. The Hall–Kier alpha value is -1.18. The predicted octanol–water partition coefficient (Wildman–Crippen LogP) is 2.95. The summed E-state index contributed by atoms with van der Waals surface area (Å²) in [5.74, 6) is 0. The highest BCUT2D eigenvalue weighted by molar-refractivity contribution is 5.62. The van der Waals surface area contributed by atoms with Crippen LogP contribution in [0.4, 0.5) is 11.4 Å². The number of benzene rings is 1. The number of aryl methyl sites for hydroxylation is 1. The smallest absolute Gasteiger partial charge is 0.0421 e. The number of hydrogen-bond donors (Lipinski definition) is 1. The zero-order chi connectivity index (χ0) is 11.0. The van der Waals surface area contributed by atoms with Crippen LogP contribution in [0.1, 0.15) is 32.3 Å². The maximum Gasteiger partial charge on any atom is 0.0421 e. The fourth-order valence-electron chi connectivity index (χ4n) is 2.57. The average molecular weight is 204 g/mol. The second kappa shape index (κ2) is 3.76. The summed E-state index contributed by atoms with van der Waals surface area (Å²) in [5.41, 5.74) is 9.36. The van der Waals surface area contributed by atoms with Crippen molar-refractivity contribution in [1.82, 2.24) is 0 Å². The van der Waals surface area contributed by atoms with Crippen molar-refractivity contribution in [2.75, 3.05) is 10.6 Å². The summed E-state index contributed by atoms with van der Waals surface area (Å²) in [6, 6.07) is 7.47. The van der Waals surface area contributed by atoms with Crippen LogP contribution in [-0.4, -0.2) is 12.1 Å². The molecule has 1 heterocycles. The van der Waals surface area contributed by atoms with Gasteiger partial charge in [0.15, 0.2) is 0 Å². The second-order valence-corrected chi connectivity index (χ2v) is 4.73. The molecule has 0 radical (unpaired) electrons. The van der Waals surface area contributed by atoms with Crippen molar-refractivity contribution in [3.8, 4) is 0 Å². The topological polar surface area (TPSA) is 29.3 Å². The SMILES string of the molecule is Cc1ccc(N)cc1N1[C@H](C)CC[C@H]1C. The molecule has 0 aliphatic carbocycles. The Kier molecular flexibility index (Phi) is 2.59. The Morgan fingerprint density at radius 1 is 1.20 bits per heavy atom. The van der Waals surface area contributed by atoms with Gasteiger partial charge < -0.3 is 10.6 Å². The molecule has 1 fully saturated rings. The Labute approximate surface area is 92.1 Å². The number of rotatable bonds is 1. The largest absolute Gasteiger partial charge is 0.399 e. The monoisotopic (exact) mass is 204 g/mol. The summed E-state index contributed by atoms with van der Waals surface area (Å²) < 4.78 is 0. The van der Waals surface area contributed by atoms with E-state index < -0.39 is 0 Å². The van der Waals surface area contributed by atoms with Crippen molar-refractivity contribution in [3.05, 3.63) is 23.8 Å². The van der Waals surface area contributed by atoms with Gasteiger partial charge in [-0.2, -0.15) is 0 Å². The van der Waals surface area contributed by atoms with Gasteiger partial charge in [0.05, 0.1) is 0 Å². The minimum absolute atomic E-state index is 0.639. The van der Waals surface area contributed by atoms with E-state index in [0.29, 0.717) is 12.1 Å². The summed E-state index contributed by atoms with van der Waals surface area (Å²) in [6.07, 6.45) is 2.57. The van der Waals surface area contributed by atoms with Crippen LogP contribution in [0.25, 0.3) is 0 Å². The minimum Gasteiger partial charge on any atom is -0.399 e. The predicted molar refractivity (Wildman–Crippen MR) is 66.2 cm³/mol. The molecule has 2 atom stereocenters. The lowest BCUT2D eigenvalue weighted by molar-refractivity contribution is 0.692. The molecule has 15 heavy (non-hydrogen) atoms. The van der Waals surface area contributed by atoms with E-state index in [1.165, 1.54) is 24.1 Å². The van der Waals surface area contributed by atoms with Crippen LogP contribution >= 0.6 is 0 Å². The van der Waals surface area contributed by atoms with E-state index in [4.69, 9.17) is 5.73 Å². The molecular formula is C13H20N2. The lowest BCUT2D eigenvalue weighted by Gasteiger charge is -2.30. The molecule has 1 aliphatic rings. The van der Waals surface area contributed by atoms with Gasteiger partial charge in [-0.3, -0.25) is 0 Å². The van der Waals surface area contributed by atoms with Gasteiger partial charge in [0.25, 0.3) is 0 Å². The first kappa shape index (κ1) is 10.3. The summed E-state index contributed by atoms with van der Waals surface area (Å²) in [5, 5.41) is 0. The van der Waals surface area contributed by atoms with Gasteiger partial charge in [-0.05, 0) is 51.3 Å². The molecule has 2 N–H and O–H groups in total. The summed E-state index contributed by atoms with van der Waals surface area (Å²) >= 11 is 0. The first-order valence-corrected chi connectivity index (χ1v) is 5.74. The lowest BCUT2D eigenvalue weighted by atomic mass is 10.1. The van der Waals surface area contributed by atoms with E-state index in [1.54, 1.807) is 0 Å². The molecule has 0 aromatic heterocycles. The van der Waals surface area contributed by atoms with E-state index in [-0.39, 0.29) is 0 Å². The molecule has 0 bridgehead atoms. The third-order valence-electron chi connectivity index (χ3n) is 3.46. The van der Waals surface area contributed by atoms with Crippen molar-refractivity contribution < 1.29 is 0 Å². The van der Waals surface area contributed by atoms with Crippen LogP contribution in [0.5, 0.6) is 0 Å². The van der Waals surface area contributed by atoms with Crippen LogP contribution in [-0.2, 0) is 0 Å². The first-order chi connectivity index (χ1) is 7.09. The molecule has 2 rings (SSSR count). The third-order valence-corrected chi connectivity index (χ3v) is 3.46. The molecule has 1 aliphatic heterocycles. The Bertz CT molecular complexity index is 350. The highest BCUT2D eigenvalue weighted by Crippen LogP contribution is 2.33. The van der Waals surface area contributed by atoms with Crippen LogP contribution < -0.4 is 10.6 Å². The number of nitrogen functional groups attached to an aromatic ring is 1. The maximum atomic E-state index is 5.86. The Morgan fingerprint density at radius 3 is 2.40 bits per heavy atom. The fourth-order valence-corrected chi connectivity index (χ4v) is 2.57. The van der Waals surface area contributed by atoms with Crippen molar-refractivity contribution in [2.24, 2.45) is 0 Å². The number of anilines is 2. The lowest BCUT2D eigenvalue weighted by Crippen LogP contribution is -2.33. The molecule has 0 unspecified atom stereocenters. The van der Waals surface area contributed by atoms with Gasteiger partial charge in [-0.15, -0.1) is 0 Å². The summed E-state index contributed by atoms with van der Waals surface area (Å²) in [6.45, 7) is 6.75. The highest BCUT2D eigenvalue weighted by atomic mass is 15.2. The molecule has 1 aromatic rings. The molecule has 2 heteroatoms. The third kappa shape index (κ3) is 1.81. The van der Waals surface area contributed by atoms with E-state index in [0.717, 1.165) is 5.69 Å². The van der Waals surface area contributed by atoms with Crippen LogP contribution in [0.2, 0.25) is 0 Å². The summed E-state index contributed by atoms with van der Waals surface area (Å²) in [7, 11) is 0. The first-order valence-electron chi connectivity index (χ1n) is 5.74. The molecule has 0 saturated carbocycles. The number of nitrogens with zero attached hydrogens (tertiary/aromatic N) is 1. The molecular weight excluding hydrogens is 184 g/mol. The summed E-state index contributed by atoms with van der Waals surface area (Å²) in [4.78, 5) is 2.51. The van der Waals surface area contributed by atoms with Gasteiger partial charge in [0.1, 0.15) is 0 Å². The fraction of sp³-hybridized carbons (Fsp3) is 0.538. The van der Waals surface area contributed by atoms with Gasteiger partial charge in [0, 0.05) is 23.5 Å². The second-order valence-electron chi connectivity index (χ2n) is 4.73. The number of nitrogens with two attached hydrogens (primary N) is 1. The van der Waals surface area contributed by atoms with Crippen LogP contribution in [0.3, 0.4) is 0 Å². The standard InChI is InChI=1S/C13H20N2/c1-9-4-7-12(14)8-13(9)15-10(2)5-6-11(15)3/h4,7-8,10-11H,5-6,14H2,1-3H3/t10-,11-/m1/s1. The van der Waals surface area contributed by atoms with Gasteiger partial charge >= 0.3 is 0 Å². The van der Waals surface area contributed by atoms with Crippen LogP contribution in [0.15, 0.2) is 18.2 Å². The van der Waals surface area contributed by atoms with Crippen molar-refractivity contribution in [3.63, 3.8) is 0 Å². The Balaban J connectivity index is 2.39. The maximum absolute atomic E-state index is 5.86. The highest BCUT2D eigenvalue weighted by Gasteiger charge is 2.28. The molecule has 82 valence electrons. The minimum atomic E-state index is 0.639. The Morgan fingerprint density at radius 2 is 1.80 bits per heavy atom. The van der Waals surface area contributed by atoms with Crippen LogP contribution in [0, 0.1) is 6.92 Å². The molecule has 2 nitrogen and oxygen atoms in total. The quantitative estimate of drug-likeness (QED) is 0.713. The van der Waals surface area contributed by atoms with E-state index in [1.807, 2.05) is 6.07 Å². The van der Waals surface area contributed by atoms with E-state index in [2.05, 4.69) is 37.8 Å². The normalized spacial score (nSPS) is 25.9. The average Bonchev–Trinajstić information content (AvgIpc) is 2.51. The van der Waals surface area contributed by atoms with Gasteiger partial charge in [-0.25, -0.2) is 0 Å². The van der Waals surface area contributed by atoms with Crippen molar-refractivity contribution >= 4 is 11.4 Å². The molecule has 0 amide bonds. The molecule has 1 saturated heterocycles. The van der Waals surface area contributed by atoms with Crippen molar-refractivity contribution in [1.29, 1.82) is 0 Å². The van der Waals surface area contributed by atoms with E-state index >= 15 is 0 Å². The molecule has 1 aromatic carbocycles. The number of hydrogen-bond acceptors (Lipinski definition) is 2. The van der Waals surface area contributed by atoms with E-state index in [9.17, 15) is 0 Å². The molecule has 0 spiro atoms.